The number of aromatic nitrogens is 2. The molecule has 1 saturated carbocycles. The molecule has 1 aromatic rings. The highest BCUT2D eigenvalue weighted by atomic mass is 16.3. The van der Waals surface area contributed by atoms with E-state index in [1.54, 1.807) is 0 Å². The molecule has 1 heterocycles. The standard InChI is InChI=1S/C16H28N4O/c1-11-13(17)18-15(16(2,3)4)19-14(11)20(9-10-21)12-7-5-6-8-12/h12,21H,5-10H2,1-4H3,(H2,17,18,19). The molecule has 0 spiro atoms. The maximum absolute atomic E-state index is 9.43. The number of nitrogens with zero attached hydrogens (tertiary/aromatic N) is 3. The van der Waals surface area contributed by atoms with E-state index in [1.807, 2.05) is 6.92 Å². The third-order valence-electron chi connectivity index (χ3n) is 4.21. The van der Waals surface area contributed by atoms with Gasteiger partial charge < -0.3 is 15.7 Å². The highest BCUT2D eigenvalue weighted by Crippen LogP contribution is 2.32. The number of hydrogen-bond acceptors (Lipinski definition) is 5. The van der Waals surface area contributed by atoms with Crippen molar-refractivity contribution < 1.29 is 5.11 Å². The monoisotopic (exact) mass is 292 g/mol. The van der Waals surface area contributed by atoms with Crippen LogP contribution in [0.2, 0.25) is 0 Å². The largest absolute Gasteiger partial charge is 0.395 e. The number of aliphatic hydroxyl groups is 1. The van der Waals surface area contributed by atoms with Gasteiger partial charge >= 0.3 is 0 Å². The van der Waals surface area contributed by atoms with Gasteiger partial charge in [-0.1, -0.05) is 33.6 Å². The van der Waals surface area contributed by atoms with Gasteiger partial charge in [0, 0.05) is 23.6 Å². The Hall–Kier alpha value is -1.36. The molecule has 0 aliphatic heterocycles. The molecule has 0 atom stereocenters. The molecule has 0 bridgehead atoms. The first-order chi connectivity index (χ1) is 9.84. The second-order valence-corrected chi connectivity index (χ2v) is 6.99. The molecular formula is C16H28N4O. The molecule has 1 aliphatic carbocycles. The summed E-state index contributed by atoms with van der Waals surface area (Å²) in [5.41, 5.74) is 6.89. The van der Waals surface area contributed by atoms with E-state index >= 15 is 0 Å². The van der Waals surface area contributed by atoms with Crippen LogP contribution in [0.4, 0.5) is 11.6 Å². The van der Waals surface area contributed by atoms with Gasteiger partial charge in [-0.3, -0.25) is 0 Å². The molecule has 0 aromatic carbocycles. The first-order valence-electron chi connectivity index (χ1n) is 7.86. The lowest BCUT2D eigenvalue weighted by molar-refractivity contribution is 0.296. The summed E-state index contributed by atoms with van der Waals surface area (Å²) in [5, 5.41) is 9.43. The Kier molecular flexibility index (Phi) is 4.71. The van der Waals surface area contributed by atoms with E-state index in [1.165, 1.54) is 12.8 Å². The molecule has 5 heteroatoms. The zero-order valence-electron chi connectivity index (χ0n) is 13.7. The van der Waals surface area contributed by atoms with Crippen molar-refractivity contribution in [3.05, 3.63) is 11.4 Å². The molecule has 3 N–H and O–H groups in total. The van der Waals surface area contributed by atoms with E-state index in [2.05, 4.69) is 30.7 Å². The Labute approximate surface area is 127 Å². The smallest absolute Gasteiger partial charge is 0.138 e. The van der Waals surface area contributed by atoms with Crippen LogP contribution < -0.4 is 10.6 Å². The molecule has 0 unspecified atom stereocenters. The van der Waals surface area contributed by atoms with Gasteiger partial charge in [-0.2, -0.15) is 0 Å². The fourth-order valence-corrected chi connectivity index (χ4v) is 2.92. The van der Waals surface area contributed by atoms with Crippen molar-refractivity contribution in [3.8, 4) is 0 Å². The lowest BCUT2D eigenvalue weighted by Crippen LogP contribution is -2.37. The normalized spacial score (nSPS) is 16.4. The SMILES string of the molecule is Cc1c(N)nc(C(C)(C)C)nc1N(CCO)C1CCCC1. The summed E-state index contributed by atoms with van der Waals surface area (Å²) in [6.45, 7) is 8.97. The summed E-state index contributed by atoms with van der Waals surface area (Å²) in [4.78, 5) is 11.5. The quantitative estimate of drug-likeness (QED) is 0.891. The second kappa shape index (κ2) is 6.18. The van der Waals surface area contributed by atoms with Crippen molar-refractivity contribution in [1.82, 2.24) is 9.97 Å². The van der Waals surface area contributed by atoms with Gasteiger partial charge in [-0.05, 0) is 19.8 Å². The van der Waals surface area contributed by atoms with Crippen LogP contribution in [-0.2, 0) is 5.41 Å². The predicted molar refractivity (Wildman–Crippen MR) is 86.6 cm³/mol. The Balaban J connectivity index is 2.45. The van der Waals surface area contributed by atoms with E-state index in [4.69, 9.17) is 10.7 Å². The number of nitrogens with two attached hydrogens (primary N) is 1. The summed E-state index contributed by atoms with van der Waals surface area (Å²) in [6.07, 6.45) is 4.82. The van der Waals surface area contributed by atoms with Crippen molar-refractivity contribution in [2.45, 2.75) is 64.8 Å². The highest BCUT2D eigenvalue weighted by molar-refractivity contribution is 5.57. The third-order valence-corrected chi connectivity index (χ3v) is 4.21. The summed E-state index contributed by atoms with van der Waals surface area (Å²) in [5.74, 6) is 2.21. The fourth-order valence-electron chi connectivity index (χ4n) is 2.92. The lowest BCUT2D eigenvalue weighted by atomic mass is 9.95. The number of anilines is 2. The molecule has 1 fully saturated rings. The van der Waals surface area contributed by atoms with Crippen molar-refractivity contribution >= 4 is 11.6 Å². The minimum Gasteiger partial charge on any atom is -0.395 e. The van der Waals surface area contributed by atoms with Gasteiger partial charge in [0.05, 0.1) is 6.61 Å². The van der Waals surface area contributed by atoms with E-state index in [0.717, 1.165) is 30.0 Å². The van der Waals surface area contributed by atoms with Crippen LogP contribution in [0.3, 0.4) is 0 Å². The first-order valence-corrected chi connectivity index (χ1v) is 7.86. The van der Waals surface area contributed by atoms with Crippen LogP contribution in [0.15, 0.2) is 0 Å². The van der Waals surface area contributed by atoms with E-state index < -0.39 is 0 Å². The molecule has 1 aromatic heterocycles. The van der Waals surface area contributed by atoms with E-state index in [-0.39, 0.29) is 12.0 Å². The number of hydrogen-bond donors (Lipinski definition) is 2. The van der Waals surface area contributed by atoms with Crippen molar-refractivity contribution in [2.24, 2.45) is 0 Å². The van der Waals surface area contributed by atoms with Crippen LogP contribution in [0.25, 0.3) is 0 Å². The highest BCUT2D eigenvalue weighted by Gasteiger charge is 2.27. The van der Waals surface area contributed by atoms with Gasteiger partial charge in [-0.15, -0.1) is 0 Å². The topological polar surface area (TPSA) is 75.3 Å². The van der Waals surface area contributed by atoms with Crippen LogP contribution in [-0.4, -0.2) is 34.3 Å². The van der Waals surface area contributed by atoms with Crippen LogP contribution >= 0.6 is 0 Å². The second-order valence-electron chi connectivity index (χ2n) is 6.99. The molecule has 5 nitrogen and oxygen atoms in total. The zero-order chi connectivity index (χ0) is 15.6. The Morgan fingerprint density at radius 2 is 1.86 bits per heavy atom. The average Bonchev–Trinajstić information content (AvgIpc) is 2.92. The third kappa shape index (κ3) is 3.46. The number of nitrogen functional groups attached to an aromatic ring is 1. The Bertz CT molecular complexity index is 490. The molecular weight excluding hydrogens is 264 g/mol. The Morgan fingerprint density at radius 1 is 1.24 bits per heavy atom. The van der Waals surface area contributed by atoms with E-state index in [0.29, 0.717) is 18.4 Å². The number of rotatable bonds is 4. The molecule has 1 aliphatic rings. The van der Waals surface area contributed by atoms with Gasteiger partial charge in [0.1, 0.15) is 17.5 Å². The van der Waals surface area contributed by atoms with Gasteiger partial charge in [0.15, 0.2) is 0 Å². The fraction of sp³-hybridized carbons (Fsp3) is 0.750. The summed E-state index contributed by atoms with van der Waals surface area (Å²) >= 11 is 0. The van der Waals surface area contributed by atoms with Crippen LogP contribution in [0, 0.1) is 6.92 Å². The number of aliphatic hydroxyl groups excluding tert-OH is 1. The minimum absolute atomic E-state index is 0.130. The van der Waals surface area contributed by atoms with Crippen molar-refractivity contribution in [3.63, 3.8) is 0 Å². The maximum Gasteiger partial charge on any atom is 0.138 e. The average molecular weight is 292 g/mol. The van der Waals surface area contributed by atoms with Gasteiger partial charge in [-0.25, -0.2) is 9.97 Å². The summed E-state index contributed by atoms with van der Waals surface area (Å²) in [7, 11) is 0. The van der Waals surface area contributed by atoms with Crippen LogP contribution in [0.5, 0.6) is 0 Å². The maximum atomic E-state index is 9.43. The summed E-state index contributed by atoms with van der Waals surface area (Å²) < 4.78 is 0. The van der Waals surface area contributed by atoms with Crippen LogP contribution in [0.1, 0.15) is 57.8 Å². The molecule has 0 saturated heterocycles. The molecule has 0 amide bonds. The first kappa shape index (κ1) is 16.0. The minimum atomic E-state index is -0.142. The van der Waals surface area contributed by atoms with E-state index in [9.17, 15) is 5.11 Å². The molecule has 118 valence electrons. The van der Waals surface area contributed by atoms with Gasteiger partial charge in [0.25, 0.3) is 0 Å². The summed E-state index contributed by atoms with van der Waals surface area (Å²) in [6, 6.07) is 0.456. The lowest BCUT2D eigenvalue weighted by Gasteiger charge is -2.32. The molecule has 21 heavy (non-hydrogen) atoms. The predicted octanol–water partition coefficient (Wildman–Crippen LogP) is 2.41. The van der Waals surface area contributed by atoms with Crippen molar-refractivity contribution in [1.29, 1.82) is 0 Å². The van der Waals surface area contributed by atoms with Crippen molar-refractivity contribution in [2.75, 3.05) is 23.8 Å². The molecule has 2 rings (SSSR count). The Morgan fingerprint density at radius 3 is 2.38 bits per heavy atom. The molecule has 0 radical (unpaired) electrons. The van der Waals surface area contributed by atoms with Gasteiger partial charge in [0.2, 0.25) is 0 Å². The zero-order valence-corrected chi connectivity index (χ0v) is 13.7.